The van der Waals surface area contributed by atoms with Crippen molar-refractivity contribution >= 4 is 22.9 Å². The van der Waals surface area contributed by atoms with E-state index >= 15 is 0 Å². The Morgan fingerprint density at radius 1 is 0.944 bits per heavy atom. The summed E-state index contributed by atoms with van der Waals surface area (Å²) in [5.41, 5.74) is 5.05. The summed E-state index contributed by atoms with van der Waals surface area (Å²) in [6.07, 6.45) is 2.33. The lowest BCUT2D eigenvalue weighted by Crippen LogP contribution is -2.42. The summed E-state index contributed by atoms with van der Waals surface area (Å²) in [7, 11) is 0. The Bertz CT molecular complexity index is 1350. The highest BCUT2D eigenvalue weighted by atomic mass is 16.5. The summed E-state index contributed by atoms with van der Waals surface area (Å²) < 4.78 is 7.43. The number of piperidine rings is 1. The minimum absolute atomic E-state index is 0.0339. The molecule has 0 aliphatic carbocycles. The molecule has 1 aliphatic rings. The van der Waals surface area contributed by atoms with Crippen LogP contribution in [0, 0.1) is 5.92 Å². The van der Waals surface area contributed by atoms with Gasteiger partial charge in [0.05, 0.1) is 23.6 Å². The molecule has 6 nitrogen and oxygen atoms in total. The van der Waals surface area contributed by atoms with Crippen LogP contribution in [0.2, 0.25) is 0 Å². The fourth-order valence-electron chi connectivity index (χ4n) is 4.95. The molecular formula is C30H31N3O3. The van der Waals surface area contributed by atoms with Crippen LogP contribution in [0.1, 0.15) is 47.1 Å². The van der Waals surface area contributed by atoms with Crippen molar-refractivity contribution < 1.29 is 14.3 Å². The fraction of sp³-hybridized carbons (Fsp3) is 0.300. The predicted octanol–water partition coefficient (Wildman–Crippen LogP) is 5.09. The third kappa shape index (κ3) is 5.18. The van der Waals surface area contributed by atoms with Gasteiger partial charge in [0.2, 0.25) is 0 Å². The van der Waals surface area contributed by atoms with Gasteiger partial charge in [0.15, 0.2) is 0 Å². The normalized spacial score (nSPS) is 15.7. The van der Waals surface area contributed by atoms with Gasteiger partial charge in [-0.2, -0.15) is 0 Å². The lowest BCUT2D eigenvalue weighted by Gasteiger charge is -2.31. The first-order valence-corrected chi connectivity index (χ1v) is 12.7. The molecule has 5 rings (SSSR count). The molecule has 0 radical (unpaired) electrons. The number of ether oxygens (including phenoxy) is 1. The molecule has 1 fully saturated rings. The molecule has 3 aromatic carbocycles. The van der Waals surface area contributed by atoms with Gasteiger partial charge in [0.25, 0.3) is 5.91 Å². The number of amides is 1. The van der Waals surface area contributed by atoms with Gasteiger partial charge >= 0.3 is 5.97 Å². The Labute approximate surface area is 211 Å². The summed E-state index contributed by atoms with van der Waals surface area (Å²) in [5.74, 6) is 0.540. The molecule has 1 atom stereocenters. The molecule has 1 aliphatic heterocycles. The van der Waals surface area contributed by atoms with E-state index in [1.807, 2.05) is 55.5 Å². The molecule has 184 valence electrons. The molecular weight excluding hydrogens is 450 g/mol. The molecule has 0 saturated carbocycles. The van der Waals surface area contributed by atoms with Crippen LogP contribution in [0.25, 0.3) is 11.0 Å². The van der Waals surface area contributed by atoms with Crippen LogP contribution < -0.4 is 0 Å². The zero-order valence-electron chi connectivity index (χ0n) is 20.6. The third-order valence-electron chi connectivity index (χ3n) is 6.81. The lowest BCUT2D eigenvalue weighted by molar-refractivity contribution is -0.149. The van der Waals surface area contributed by atoms with Crippen LogP contribution in [0.4, 0.5) is 0 Å². The van der Waals surface area contributed by atoms with E-state index in [4.69, 9.17) is 9.72 Å². The highest BCUT2D eigenvalue weighted by Gasteiger charge is 2.29. The molecule has 36 heavy (non-hydrogen) atoms. The van der Waals surface area contributed by atoms with Crippen molar-refractivity contribution in [1.29, 1.82) is 0 Å². The van der Waals surface area contributed by atoms with Gasteiger partial charge in [0.1, 0.15) is 5.82 Å². The van der Waals surface area contributed by atoms with Gasteiger partial charge in [-0.15, -0.1) is 0 Å². The maximum absolute atomic E-state index is 13.1. The highest BCUT2D eigenvalue weighted by Crippen LogP contribution is 2.22. The Morgan fingerprint density at radius 2 is 1.69 bits per heavy atom. The zero-order valence-corrected chi connectivity index (χ0v) is 20.6. The number of fused-ring (bicyclic) bond motifs is 1. The molecule has 1 saturated heterocycles. The number of hydrogen-bond acceptors (Lipinski definition) is 4. The number of nitrogens with zero attached hydrogens (tertiary/aromatic N) is 3. The van der Waals surface area contributed by atoms with Crippen molar-refractivity contribution in [3.05, 3.63) is 101 Å². The number of carbonyl (C=O) groups excluding carboxylic acids is 2. The van der Waals surface area contributed by atoms with E-state index in [9.17, 15) is 9.59 Å². The second kappa shape index (κ2) is 10.8. The smallest absolute Gasteiger partial charge is 0.310 e. The zero-order chi connectivity index (χ0) is 24.9. The SMILES string of the molecule is CCOC(=O)[C@@H]1CCCN(C(=O)c2ccc(Cn3c(Cc4ccccc4)nc4ccccc43)cc2)C1. The van der Waals surface area contributed by atoms with Gasteiger partial charge in [0, 0.05) is 31.6 Å². The molecule has 4 aromatic rings. The van der Waals surface area contributed by atoms with Crippen molar-refractivity contribution in [3.63, 3.8) is 0 Å². The topological polar surface area (TPSA) is 64.4 Å². The van der Waals surface area contributed by atoms with Crippen molar-refractivity contribution in [2.45, 2.75) is 32.7 Å². The van der Waals surface area contributed by atoms with E-state index in [-0.39, 0.29) is 17.8 Å². The average molecular weight is 482 g/mol. The Balaban J connectivity index is 1.33. The number of likely N-dealkylation sites (tertiary alicyclic amines) is 1. The number of benzene rings is 3. The second-order valence-corrected chi connectivity index (χ2v) is 9.30. The van der Waals surface area contributed by atoms with Crippen LogP contribution in [0.3, 0.4) is 0 Å². The van der Waals surface area contributed by atoms with Gasteiger partial charge < -0.3 is 14.2 Å². The van der Waals surface area contributed by atoms with Crippen LogP contribution >= 0.6 is 0 Å². The number of carbonyl (C=O) groups is 2. The first kappa shape index (κ1) is 23.8. The molecule has 6 heteroatoms. The number of hydrogen-bond donors (Lipinski definition) is 0. The average Bonchev–Trinajstić information content (AvgIpc) is 3.26. The number of rotatable bonds is 7. The number of aromatic nitrogens is 2. The number of para-hydroxylation sites is 2. The quantitative estimate of drug-likeness (QED) is 0.345. The van der Waals surface area contributed by atoms with Crippen LogP contribution in [-0.4, -0.2) is 46.0 Å². The minimum atomic E-state index is -0.237. The largest absolute Gasteiger partial charge is 0.466 e. The lowest BCUT2D eigenvalue weighted by atomic mass is 9.97. The van der Waals surface area contributed by atoms with E-state index in [2.05, 4.69) is 34.9 Å². The summed E-state index contributed by atoms with van der Waals surface area (Å²) >= 11 is 0. The highest BCUT2D eigenvalue weighted by molar-refractivity contribution is 5.94. The maximum Gasteiger partial charge on any atom is 0.310 e. The summed E-state index contributed by atoms with van der Waals surface area (Å²) in [4.78, 5) is 32.0. The Morgan fingerprint density at radius 3 is 2.47 bits per heavy atom. The van der Waals surface area contributed by atoms with E-state index < -0.39 is 0 Å². The van der Waals surface area contributed by atoms with Gasteiger partial charge in [-0.3, -0.25) is 9.59 Å². The van der Waals surface area contributed by atoms with E-state index in [1.54, 1.807) is 4.90 Å². The molecule has 2 heterocycles. The van der Waals surface area contributed by atoms with E-state index in [1.165, 1.54) is 5.56 Å². The Kier molecular flexibility index (Phi) is 7.12. The van der Waals surface area contributed by atoms with Crippen molar-refractivity contribution in [2.24, 2.45) is 5.92 Å². The summed E-state index contributed by atoms with van der Waals surface area (Å²) in [6.45, 7) is 3.93. The van der Waals surface area contributed by atoms with Crippen LogP contribution in [-0.2, 0) is 22.5 Å². The maximum atomic E-state index is 13.1. The third-order valence-corrected chi connectivity index (χ3v) is 6.81. The number of esters is 1. The number of imidazole rings is 1. The minimum Gasteiger partial charge on any atom is -0.466 e. The molecule has 1 aromatic heterocycles. The molecule has 0 unspecified atom stereocenters. The van der Waals surface area contributed by atoms with Crippen molar-refractivity contribution in [1.82, 2.24) is 14.5 Å². The molecule has 0 bridgehead atoms. The molecule has 0 N–H and O–H groups in total. The van der Waals surface area contributed by atoms with E-state index in [0.717, 1.165) is 41.7 Å². The van der Waals surface area contributed by atoms with Crippen LogP contribution in [0.5, 0.6) is 0 Å². The fourth-order valence-corrected chi connectivity index (χ4v) is 4.95. The second-order valence-electron chi connectivity index (χ2n) is 9.30. The van der Waals surface area contributed by atoms with Gasteiger partial charge in [-0.1, -0.05) is 54.6 Å². The predicted molar refractivity (Wildman–Crippen MR) is 140 cm³/mol. The summed E-state index contributed by atoms with van der Waals surface area (Å²) in [6, 6.07) is 26.4. The summed E-state index contributed by atoms with van der Waals surface area (Å²) in [5, 5.41) is 0. The van der Waals surface area contributed by atoms with Gasteiger partial charge in [-0.25, -0.2) is 4.98 Å². The Hall–Kier alpha value is -3.93. The first-order chi connectivity index (χ1) is 17.6. The standard InChI is InChI=1S/C30H31N3O3/c1-2-36-30(35)25-11-8-18-32(21-25)29(34)24-16-14-23(15-17-24)20-33-27-13-7-6-12-26(27)31-28(33)19-22-9-4-3-5-10-22/h3-7,9-10,12-17,25H,2,8,11,18-21H2,1H3/t25-/m1/s1. The molecule has 1 amide bonds. The van der Waals surface area contributed by atoms with E-state index in [0.29, 0.717) is 31.8 Å². The van der Waals surface area contributed by atoms with Crippen LogP contribution in [0.15, 0.2) is 78.9 Å². The van der Waals surface area contributed by atoms with Gasteiger partial charge in [-0.05, 0) is 55.2 Å². The monoisotopic (exact) mass is 481 g/mol. The van der Waals surface area contributed by atoms with Crippen molar-refractivity contribution in [2.75, 3.05) is 19.7 Å². The first-order valence-electron chi connectivity index (χ1n) is 12.7. The van der Waals surface area contributed by atoms with Crippen molar-refractivity contribution in [3.8, 4) is 0 Å². The molecule has 0 spiro atoms.